The smallest absolute Gasteiger partial charge is 1.00 e. The van der Waals surface area contributed by atoms with E-state index in [0.717, 1.165) is 0 Å². The van der Waals surface area contributed by atoms with Crippen molar-refractivity contribution in [1.82, 2.24) is 10.6 Å². The summed E-state index contributed by atoms with van der Waals surface area (Å²) >= 11 is 0. The topological polar surface area (TPSA) is 24.1 Å². The minimum absolute atomic E-state index is 0. The van der Waals surface area contributed by atoms with E-state index < -0.39 is 0 Å². The van der Waals surface area contributed by atoms with Crippen LogP contribution < -0.4 is 44.6 Å². The molecule has 85 valence electrons. The maximum absolute atomic E-state index is 3.34. The van der Waals surface area contributed by atoms with E-state index in [2.05, 4.69) is 24.7 Å². The van der Waals surface area contributed by atoms with Gasteiger partial charge >= 0.3 is 17.1 Å². The average molecular weight is 366 g/mol. The largest absolute Gasteiger partial charge is 2.00 e. The third-order valence-corrected chi connectivity index (χ3v) is 2.51. The molecule has 0 bridgehead atoms. The molecule has 1 fully saturated rings. The molecule has 0 aliphatic heterocycles. The van der Waals surface area contributed by atoms with Crippen LogP contribution in [-0.2, 0) is 17.1 Å². The molecule has 1 aliphatic carbocycles. The SMILES string of the molecule is CNC1CCCCC1NC.[Br-].[Br-].[Cu+2]. The van der Waals surface area contributed by atoms with Crippen LogP contribution in [0, 0.1) is 0 Å². The fraction of sp³-hybridized carbons (Fsp3) is 1.00. The van der Waals surface area contributed by atoms with Crippen molar-refractivity contribution in [3.05, 3.63) is 0 Å². The molecule has 1 radical (unpaired) electrons. The summed E-state index contributed by atoms with van der Waals surface area (Å²) < 4.78 is 0. The van der Waals surface area contributed by atoms with Crippen LogP contribution in [-0.4, -0.2) is 26.2 Å². The second-order valence-corrected chi connectivity index (χ2v) is 3.07. The van der Waals surface area contributed by atoms with Gasteiger partial charge in [-0.3, -0.25) is 0 Å². The maximum atomic E-state index is 3.34. The van der Waals surface area contributed by atoms with Gasteiger partial charge in [0.25, 0.3) is 0 Å². The summed E-state index contributed by atoms with van der Waals surface area (Å²) in [6.45, 7) is 0. The Kier molecular flexibility index (Phi) is 17.6. The molecular formula is C8H18Br2CuN2. The number of nitrogens with one attached hydrogen (secondary N) is 2. The first kappa shape index (κ1) is 19.9. The molecule has 2 nitrogen and oxygen atoms in total. The van der Waals surface area contributed by atoms with Gasteiger partial charge in [-0.2, -0.15) is 0 Å². The third kappa shape index (κ3) is 6.47. The van der Waals surface area contributed by atoms with Crippen molar-refractivity contribution in [2.75, 3.05) is 14.1 Å². The van der Waals surface area contributed by atoms with Crippen LogP contribution in [0.25, 0.3) is 0 Å². The number of rotatable bonds is 2. The van der Waals surface area contributed by atoms with E-state index in [-0.39, 0.29) is 51.0 Å². The minimum Gasteiger partial charge on any atom is -1.00 e. The first-order valence-corrected chi connectivity index (χ1v) is 4.23. The van der Waals surface area contributed by atoms with E-state index in [0.29, 0.717) is 12.1 Å². The molecule has 0 amide bonds. The van der Waals surface area contributed by atoms with E-state index in [1.54, 1.807) is 0 Å². The van der Waals surface area contributed by atoms with E-state index >= 15 is 0 Å². The molecule has 0 aromatic rings. The van der Waals surface area contributed by atoms with Gasteiger partial charge < -0.3 is 44.6 Å². The summed E-state index contributed by atoms with van der Waals surface area (Å²) in [6.07, 6.45) is 5.46. The van der Waals surface area contributed by atoms with Crippen LogP contribution in [0.3, 0.4) is 0 Å². The zero-order valence-electron chi connectivity index (χ0n) is 8.04. The predicted octanol–water partition coefficient (Wildman–Crippen LogP) is -5.26. The van der Waals surface area contributed by atoms with Crippen LogP contribution in [0.2, 0.25) is 0 Å². The Labute approximate surface area is 113 Å². The molecule has 0 saturated heterocycles. The first-order valence-electron chi connectivity index (χ1n) is 4.23. The average Bonchev–Trinajstić information content (AvgIpc) is 2.04. The maximum Gasteiger partial charge on any atom is 2.00 e. The summed E-state index contributed by atoms with van der Waals surface area (Å²) in [7, 11) is 4.11. The molecule has 1 saturated carbocycles. The molecule has 2 N–H and O–H groups in total. The molecule has 5 heteroatoms. The van der Waals surface area contributed by atoms with Crippen molar-refractivity contribution >= 4 is 0 Å². The predicted molar refractivity (Wildman–Crippen MR) is 44.2 cm³/mol. The van der Waals surface area contributed by atoms with Crippen molar-refractivity contribution in [1.29, 1.82) is 0 Å². The zero-order valence-corrected chi connectivity index (χ0v) is 12.2. The van der Waals surface area contributed by atoms with Gasteiger partial charge in [0.15, 0.2) is 0 Å². The second-order valence-electron chi connectivity index (χ2n) is 3.07. The quantitative estimate of drug-likeness (QED) is 0.478. The molecular weight excluding hydrogens is 347 g/mol. The number of hydrogen-bond acceptors (Lipinski definition) is 2. The van der Waals surface area contributed by atoms with Gasteiger partial charge in [-0.25, -0.2) is 0 Å². The first-order chi connectivity index (χ1) is 4.88. The van der Waals surface area contributed by atoms with Gasteiger partial charge in [0.2, 0.25) is 0 Å². The summed E-state index contributed by atoms with van der Waals surface area (Å²) in [5.74, 6) is 0. The van der Waals surface area contributed by atoms with Gasteiger partial charge in [0.1, 0.15) is 0 Å². The van der Waals surface area contributed by atoms with Crippen molar-refractivity contribution in [3.63, 3.8) is 0 Å². The Hall–Kier alpha value is 1.40. The fourth-order valence-electron chi connectivity index (χ4n) is 1.82. The van der Waals surface area contributed by atoms with Crippen molar-refractivity contribution in [3.8, 4) is 0 Å². The van der Waals surface area contributed by atoms with Gasteiger partial charge in [0, 0.05) is 12.1 Å². The molecule has 0 heterocycles. The van der Waals surface area contributed by atoms with E-state index in [1.807, 2.05) is 0 Å². The van der Waals surface area contributed by atoms with Gasteiger partial charge in [0.05, 0.1) is 0 Å². The van der Waals surface area contributed by atoms with Crippen LogP contribution >= 0.6 is 0 Å². The standard InChI is InChI=1S/C8H18N2.2BrH.Cu/c1-9-7-5-3-4-6-8(7)10-2;;;/h7-10H,3-6H2,1-2H3;2*1H;/q;;;+2/p-2. The van der Waals surface area contributed by atoms with Crippen LogP contribution in [0.1, 0.15) is 25.7 Å². The van der Waals surface area contributed by atoms with Crippen molar-refractivity contribution in [2.24, 2.45) is 0 Å². The van der Waals surface area contributed by atoms with Gasteiger partial charge in [-0.1, -0.05) is 12.8 Å². The summed E-state index contributed by atoms with van der Waals surface area (Å²) in [4.78, 5) is 0. The van der Waals surface area contributed by atoms with E-state index in [9.17, 15) is 0 Å². The molecule has 2 atom stereocenters. The second kappa shape index (κ2) is 11.5. The van der Waals surface area contributed by atoms with Gasteiger partial charge in [-0.15, -0.1) is 0 Å². The summed E-state index contributed by atoms with van der Waals surface area (Å²) in [6, 6.07) is 1.41. The summed E-state index contributed by atoms with van der Waals surface area (Å²) in [5, 5.41) is 6.68. The Morgan fingerprint density at radius 2 is 1.15 bits per heavy atom. The van der Waals surface area contributed by atoms with Gasteiger partial charge in [-0.05, 0) is 26.9 Å². The Morgan fingerprint density at radius 1 is 0.846 bits per heavy atom. The Balaban J connectivity index is -0.000000333. The third-order valence-electron chi connectivity index (χ3n) is 2.51. The van der Waals surface area contributed by atoms with Crippen LogP contribution in [0.15, 0.2) is 0 Å². The van der Waals surface area contributed by atoms with E-state index in [1.165, 1.54) is 25.7 Å². The zero-order chi connectivity index (χ0) is 7.40. The molecule has 13 heavy (non-hydrogen) atoms. The Bertz CT molecular complexity index is 94.1. The number of likely N-dealkylation sites (N-methyl/N-ethyl adjacent to an activating group) is 2. The number of hydrogen-bond donors (Lipinski definition) is 2. The molecule has 1 aliphatic rings. The molecule has 0 aromatic heterocycles. The fourth-order valence-corrected chi connectivity index (χ4v) is 1.82. The van der Waals surface area contributed by atoms with Crippen LogP contribution in [0.4, 0.5) is 0 Å². The number of halogens is 2. The van der Waals surface area contributed by atoms with Crippen LogP contribution in [0.5, 0.6) is 0 Å². The Morgan fingerprint density at radius 3 is 1.38 bits per heavy atom. The van der Waals surface area contributed by atoms with Crippen molar-refractivity contribution < 1.29 is 51.0 Å². The molecule has 0 aromatic carbocycles. The molecule has 2 unspecified atom stereocenters. The summed E-state index contributed by atoms with van der Waals surface area (Å²) in [5.41, 5.74) is 0. The normalized spacial score (nSPS) is 26.3. The molecule has 1 rings (SSSR count). The van der Waals surface area contributed by atoms with Crippen molar-refractivity contribution in [2.45, 2.75) is 37.8 Å². The monoisotopic (exact) mass is 363 g/mol. The molecule has 0 spiro atoms. The van der Waals surface area contributed by atoms with E-state index in [4.69, 9.17) is 0 Å². The minimum atomic E-state index is 0.